The lowest BCUT2D eigenvalue weighted by Gasteiger charge is -2.49. The normalized spacial score (nSPS) is 22.3. The van der Waals surface area contributed by atoms with Crippen LogP contribution < -0.4 is 14.8 Å². The Morgan fingerprint density at radius 1 is 1.18 bits per heavy atom. The number of ether oxygens (including phenoxy) is 1. The van der Waals surface area contributed by atoms with Crippen LogP contribution >= 0.6 is 0 Å². The summed E-state index contributed by atoms with van der Waals surface area (Å²) >= 11 is 0. The van der Waals surface area contributed by atoms with Crippen LogP contribution in [0.5, 0.6) is 5.75 Å². The highest BCUT2D eigenvalue weighted by molar-refractivity contribution is 7.92. The summed E-state index contributed by atoms with van der Waals surface area (Å²) in [6.45, 7) is 2.10. The van der Waals surface area contributed by atoms with Crippen molar-refractivity contribution in [2.75, 3.05) is 44.7 Å². The Balaban J connectivity index is 1.31. The van der Waals surface area contributed by atoms with Gasteiger partial charge in [-0.2, -0.15) is 5.26 Å². The van der Waals surface area contributed by atoms with E-state index in [1.54, 1.807) is 12.1 Å². The average molecular weight is 552 g/mol. The smallest absolute Gasteiger partial charge is 0.234 e. The van der Waals surface area contributed by atoms with Gasteiger partial charge in [0, 0.05) is 36.8 Å². The highest BCUT2D eigenvalue weighted by atomic mass is 32.2. The van der Waals surface area contributed by atoms with E-state index >= 15 is 0 Å². The van der Waals surface area contributed by atoms with Crippen molar-refractivity contribution in [3.05, 3.63) is 58.7 Å². The van der Waals surface area contributed by atoms with Crippen LogP contribution in [-0.4, -0.2) is 75.8 Å². The standard InChI is InChI=1S/C29H37N5O4S/c1-33(2)19-28(35)31-26-17-29(38-27-9-7-23(16-25(26)27)32-39(3,36)37)10-12-34(13-11-29)24-8-6-21-14-20(18-30)4-5-22(21)15-24/h4-5,7,9,14,16,24,26,32H,6,8,10-13,15,17,19H2,1-3H3,(H,31,35)/t24-,26+/m1/s1. The molecular formula is C29H37N5O4S. The number of aryl methyl sites for hydroxylation is 1. The van der Waals surface area contributed by atoms with Crippen molar-refractivity contribution < 1.29 is 17.9 Å². The molecule has 2 heterocycles. The number of fused-ring (bicyclic) bond motifs is 2. The van der Waals surface area contributed by atoms with E-state index in [1.807, 2.05) is 37.2 Å². The molecule has 2 aliphatic heterocycles. The fourth-order valence-electron chi connectivity index (χ4n) is 6.32. The number of nitrogens with zero attached hydrogens (tertiary/aromatic N) is 3. The Kier molecular flexibility index (Phi) is 7.60. The summed E-state index contributed by atoms with van der Waals surface area (Å²) in [5.74, 6) is 0.621. The summed E-state index contributed by atoms with van der Waals surface area (Å²) in [6, 6.07) is 13.8. The van der Waals surface area contributed by atoms with Crippen molar-refractivity contribution in [1.29, 1.82) is 5.26 Å². The van der Waals surface area contributed by atoms with E-state index in [9.17, 15) is 18.5 Å². The molecule has 0 saturated carbocycles. The van der Waals surface area contributed by atoms with Crippen molar-refractivity contribution in [2.45, 2.75) is 56.2 Å². The monoisotopic (exact) mass is 551 g/mol. The first-order chi connectivity index (χ1) is 18.5. The fraction of sp³-hybridized carbons (Fsp3) is 0.517. The maximum absolute atomic E-state index is 12.8. The van der Waals surface area contributed by atoms with E-state index in [0.29, 0.717) is 23.9 Å². The quantitative estimate of drug-likeness (QED) is 0.567. The molecule has 5 rings (SSSR count). The van der Waals surface area contributed by atoms with Crippen LogP contribution in [0.15, 0.2) is 36.4 Å². The molecule has 3 aliphatic rings. The van der Waals surface area contributed by atoms with E-state index in [1.165, 1.54) is 11.1 Å². The number of likely N-dealkylation sites (N-methyl/N-ethyl adjacent to an activating group) is 1. The number of piperidine rings is 1. The zero-order valence-corrected chi connectivity index (χ0v) is 23.7. The molecule has 2 atom stereocenters. The molecule has 10 heteroatoms. The second-order valence-corrected chi connectivity index (χ2v) is 13.3. The topological polar surface area (TPSA) is 115 Å². The number of rotatable bonds is 6. The van der Waals surface area contributed by atoms with Crippen molar-refractivity contribution in [1.82, 2.24) is 15.1 Å². The number of carbonyl (C=O) groups excluding carboxylic acids is 1. The fourth-order valence-corrected chi connectivity index (χ4v) is 6.88. The zero-order valence-electron chi connectivity index (χ0n) is 22.9. The summed E-state index contributed by atoms with van der Waals surface area (Å²) in [5, 5.41) is 12.4. The lowest BCUT2D eigenvalue weighted by molar-refractivity contribution is -0.123. The highest BCUT2D eigenvalue weighted by Crippen LogP contribution is 2.46. The molecule has 2 aromatic carbocycles. The van der Waals surface area contributed by atoms with Gasteiger partial charge in [-0.1, -0.05) is 6.07 Å². The largest absolute Gasteiger partial charge is 0.487 e. The van der Waals surface area contributed by atoms with Gasteiger partial charge < -0.3 is 15.0 Å². The van der Waals surface area contributed by atoms with Crippen LogP contribution in [0.1, 0.15) is 54.0 Å². The van der Waals surface area contributed by atoms with Crippen LogP contribution in [0.3, 0.4) is 0 Å². The molecule has 39 heavy (non-hydrogen) atoms. The molecule has 2 N–H and O–H groups in total. The van der Waals surface area contributed by atoms with Gasteiger partial charge in [-0.05, 0) is 87.7 Å². The van der Waals surface area contributed by atoms with Crippen LogP contribution in [0.4, 0.5) is 5.69 Å². The zero-order chi connectivity index (χ0) is 27.8. The number of likely N-dealkylation sites (tertiary alicyclic amines) is 1. The molecule has 1 spiro atoms. The number of nitriles is 1. The Bertz CT molecular complexity index is 1390. The van der Waals surface area contributed by atoms with Crippen LogP contribution in [-0.2, 0) is 27.7 Å². The van der Waals surface area contributed by atoms with Crippen molar-refractivity contribution in [3.8, 4) is 11.8 Å². The summed E-state index contributed by atoms with van der Waals surface area (Å²) in [4.78, 5) is 17.2. The molecule has 9 nitrogen and oxygen atoms in total. The molecule has 0 aromatic heterocycles. The van der Waals surface area contributed by atoms with Gasteiger partial charge in [0.15, 0.2) is 0 Å². The summed E-state index contributed by atoms with van der Waals surface area (Å²) < 4.78 is 32.8. The van der Waals surface area contributed by atoms with Gasteiger partial charge in [0.05, 0.1) is 30.5 Å². The molecule has 0 unspecified atom stereocenters. The number of hydrogen-bond acceptors (Lipinski definition) is 7. The molecular weight excluding hydrogens is 514 g/mol. The number of sulfonamides is 1. The first kappa shape index (κ1) is 27.4. The van der Waals surface area contributed by atoms with Crippen LogP contribution in [0.25, 0.3) is 0 Å². The number of hydrogen-bond donors (Lipinski definition) is 2. The summed E-state index contributed by atoms with van der Waals surface area (Å²) in [6.07, 6.45) is 6.54. The third kappa shape index (κ3) is 6.38. The minimum absolute atomic E-state index is 0.0765. The first-order valence-corrected chi connectivity index (χ1v) is 15.4. The maximum atomic E-state index is 12.8. The van der Waals surface area contributed by atoms with Gasteiger partial charge in [0.2, 0.25) is 15.9 Å². The van der Waals surface area contributed by atoms with Crippen LogP contribution in [0.2, 0.25) is 0 Å². The number of anilines is 1. The number of benzene rings is 2. The number of carbonyl (C=O) groups is 1. The molecule has 1 amide bonds. The third-order valence-electron chi connectivity index (χ3n) is 8.15. The third-order valence-corrected chi connectivity index (χ3v) is 8.76. The van der Waals surface area contributed by atoms with Gasteiger partial charge in [0.25, 0.3) is 0 Å². The van der Waals surface area contributed by atoms with E-state index in [-0.39, 0.29) is 24.1 Å². The SMILES string of the molecule is CN(C)CC(=O)N[C@H]1CC2(CCN([C@@H]3CCc4cc(C#N)ccc4C3)CC2)Oc2ccc(NS(C)(=O)=O)cc21. The molecule has 2 aromatic rings. The van der Waals surface area contributed by atoms with Gasteiger partial charge >= 0.3 is 0 Å². The average Bonchev–Trinajstić information content (AvgIpc) is 2.87. The number of amides is 1. The Morgan fingerprint density at radius 3 is 2.64 bits per heavy atom. The first-order valence-electron chi connectivity index (χ1n) is 13.5. The van der Waals surface area contributed by atoms with Crippen LogP contribution in [0, 0.1) is 11.3 Å². The lowest BCUT2D eigenvalue weighted by atomic mass is 9.79. The van der Waals surface area contributed by atoms with E-state index < -0.39 is 10.0 Å². The predicted molar refractivity (Wildman–Crippen MR) is 150 cm³/mol. The molecule has 0 radical (unpaired) electrons. The predicted octanol–water partition coefficient (Wildman–Crippen LogP) is 2.82. The summed E-state index contributed by atoms with van der Waals surface area (Å²) in [7, 11) is 0.281. The van der Waals surface area contributed by atoms with E-state index in [0.717, 1.165) is 62.6 Å². The molecule has 208 valence electrons. The highest BCUT2D eigenvalue weighted by Gasteiger charge is 2.45. The van der Waals surface area contributed by atoms with Gasteiger partial charge in [-0.25, -0.2) is 8.42 Å². The van der Waals surface area contributed by atoms with Gasteiger partial charge in [0.1, 0.15) is 11.4 Å². The second-order valence-electron chi connectivity index (χ2n) is 11.5. The van der Waals surface area contributed by atoms with E-state index in [2.05, 4.69) is 27.1 Å². The van der Waals surface area contributed by atoms with Gasteiger partial charge in [-0.15, -0.1) is 0 Å². The molecule has 1 saturated heterocycles. The minimum Gasteiger partial charge on any atom is -0.487 e. The molecule has 0 bridgehead atoms. The van der Waals surface area contributed by atoms with Gasteiger partial charge in [-0.3, -0.25) is 14.4 Å². The van der Waals surface area contributed by atoms with Crippen molar-refractivity contribution >= 4 is 21.6 Å². The number of nitrogens with one attached hydrogen (secondary N) is 2. The Morgan fingerprint density at radius 2 is 1.95 bits per heavy atom. The lowest BCUT2D eigenvalue weighted by Crippen LogP contribution is -2.55. The van der Waals surface area contributed by atoms with Crippen molar-refractivity contribution in [2.24, 2.45) is 0 Å². The van der Waals surface area contributed by atoms with Crippen molar-refractivity contribution in [3.63, 3.8) is 0 Å². The molecule has 1 aliphatic carbocycles. The summed E-state index contributed by atoms with van der Waals surface area (Å²) in [5.41, 5.74) is 4.23. The minimum atomic E-state index is -3.43. The Labute approximate surface area is 231 Å². The second kappa shape index (κ2) is 10.8. The molecule has 1 fully saturated rings. The van der Waals surface area contributed by atoms with E-state index in [4.69, 9.17) is 4.74 Å². The Hall–Kier alpha value is -3.13. The maximum Gasteiger partial charge on any atom is 0.234 e.